The van der Waals surface area contributed by atoms with Gasteiger partial charge in [0.25, 0.3) is 0 Å². The van der Waals surface area contributed by atoms with Crippen molar-refractivity contribution in [3.8, 4) is 0 Å². The van der Waals surface area contributed by atoms with E-state index in [-0.39, 0.29) is 5.91 Å². The first kappa shape index (κ1) is 15.4. The molecule has 1 amide bonds. The minimum atomic E-state index is -0.716. The smallest absolute Gasteiger partial charge is 0.237 e. The SMILES string of the molecule is CCCC[C@H](N)C(=O)NCC1(O)CCC(C)CC1. The van der Waals surface area contributed by atoms with Gasteiger partial charge in [-0.3, -0.25) is 4.79 Å². The van der Waals surface area contributed by atoms with Crippen LogP contribution in [-0.4, -0.2) is 29.2 Å². The molecule has 0 saturated heterocycles. The highest BCUT2D eigenvalue weighted by atomic mass is 16.3. The van der Waals surface area contributed by atoms with E-state index in [2.05, 4.69) is 19.2 Å². The molecule has 0 bridgehead atoms. The van der Waals surface area contributed by atoms with Gasteiger partial charge in [-0.05, 0) is 38.0 Å². The van der Waals surface area contributed by atoms with Crippen molar-refractivity contribution in [2.75, 3.05) is 6.54 Å². The van der Waals surface area contributed by atoms with Crippen LogP contribution in [0.15, 0.2) is 0 Å². The molecule has 1 fully saturated rings. The van der Waals surface area contributed by atoms with Gasteiger partial charge in [0.1, 0.15) is 0 Å². The van der Waals surface area contributed by atoms with Crippen molar-refractivity contribution < 1.29 is 9.90 Å². The fraction of sp³-hybridized carbons (Fsp3) is 0.929. The molecule has 4 N–H and O–H groups in total. The van der Waals surface area contributed by atoms with Crippen LogP contribution in [0.4, 0.5) is 0 Å². The average molecular weight is 256 g/mol. The first-order chi connectivity index (χ1) is 8.47. The fourth-order valence-electron chi connectivity index (χ4n) is 2.41. The number of hydrogen-bond acceptors (Lipinski definition) is 3. The Balaban J connectivity index is 2.29. The van der Waals surface area contributed by atoms with Crippen molar-refractivity contribution in [1.82, 2.24) is 5.32 Å². The number of nitrogens with one attached hydrogen (secondary N) is 1. The molecule has 0 aliphatic heterocycles. The molecular formula is C14H28N2O2. The molecule has 1 aliphatic rings. The van der Waals surface area contributed by atoms with Gasteiger partial charge in [-0.25, -0.2) is 0 Å². The highest BCUT2D eigenvalue weighted by Gasteiger charge is 2.32. The maximum Gasteiger partial charge on any atom is 0.237 e. The van der Waals surface area contributed by atoms with Gasteiger partial charge in [0.05, 0.1) is 11.6 Å². The van der Waals surface area contributed by atoms with Gasteiger partial charge in [0.2, 0.25) is 5.91 Å². The summed E-state index contributed by atoms with van der Waals surface area (Å²) in [6, 6.07) is -0.434. The van der Waals surface area contributed by atoms with Crippen molar-refractivity contribution in [2.24, 2.45) is 11.7 Å². The van der Waals surface area contributed by atoms with Crippen molar-refractivity contribution in [3.05, 3.63) is 0 Å². The second-order valence-corrected chi connectivity index (χ2v) is 5.87. The lowest BCUT2D eigenvalue weighted by Gasteiger charge is -2.35. The minimum Gasteiger partial charge on any atom is -0.388 e. The predicted molar refractivity (Wildman–Crippen MR) is 73.1 cm³/mol. The van der Waals surface area contributed by atoms with E-state index < -0.39 is 11.6 Å². The van der Waals surface area contributed by atoms with Gasteiger partial charge in [0.15, 0.2) is 0 Å². The van der Waals surface area contributed by atoms with Crippen LogP contribution in [0, 0.1) is 5.92 Å². The van der Waals surface area contributed by atoms with Crippen LogP contribution in [0.2, 0.25) is 0 Å². The zero-order valence-electron chi connectivity index (χ0n) is 11.7. The Kier molecular flexibility index (Phi) is 6.09. The molecule has 0 spiro atoms. The first-order valence-corrected chi connectivity index (χ1v) is 7.22. The summed E-state index contributed by atoms with van der Waals surface area (Å²) in [6.07, 6.45) is 6.36. The number of hydrogen-bond donors (Lipinski definition) is 3. The number of carbonyl (C=O) groups is 1. The monoisotopic (exact) mass is 256 g/mol. The van der Waals surface area contributed by atoms with Crippen molar-refractivity contribution in [1.29, 1.82) is 0 Å². The molecule has 1 aliphatic carbocycles. The number of aliphatic hydroxyl groups is 1. The third kappa shape index (κ3) is 4.94. The maximum atomic E-state index is 11.8. The Morgan fingerprint density at radius 3 is 2.67 bits per heavy atom. The van der Waals surface area contributed by atoms with Crippen molar-refractivity contribution >= 4 is 5.91 Å². The molecule has 106 valence electrons. The lowest BCUT2D eigenvalue weighted by atomic mass is 9.79. The zero-order valence-corrected chi connectivity index (χ0v) is 11.7. The molecule has 0 aromatic rings. The molecule has 1 saturated carbocycles. The van der Waals surface area contributed by atoms with Crippen molar-refractivity contribution in [2.45, 2.75) is 70.4 Å². The first-order valence-electron chi connectivity index (χ1n) is 7.22. The number of unbranched alkanes of at least 4 members (excludes halogenated alkanes) is 1. The molecule has 1 rings (SSSR count). The summed E-state index contributed by atoms with van der Waals surface area (Å²) in [5.41, 5.74) is 5.07. The van der Waals surface area contributed by atoms with E-state index in [0.717, 1.165) is 44.9 Å². The zero-order chi connectivity index (χ0) is 13.6. The van der Waals surface area contributed by atoms with Crippen LogP contribution in [-0.2, 0) is 4.79 Å². The quantitative estimate of drug-likeness (QED) is 0.675. The lowest BCUT2D eigenvalue weighted by molar-refractivity contribution is -0.124. The minimum absolute atomic E-state index is 0.129. The molecule has 0 radical (unpaired) electrons. The number of nitrogens with two attached hydrogens (primary N) is 1. The summed E-state index contributed by atoms with van der Waals surface area (Å²) in [5.74, 6) is 0.559. The molecule has 4 heteroatoms. The summed E-state index contributed by atoms with van der Waals surface area (Å²) in [7, 11) is 0. The van der Waals surface area contributed by atoms with Gasteiger partial charge in [-0.1, -0.05) is 26.7 Å². The number of rotatable bonds is 6. The van der Waals surface area contributed by atoms with E-state index in [4.69, 9.17) is 5.73 Å². The molecular weight excluding hydrogens is 228 g/mol. The van der Waals surface area contributed by atoms with Crippen molar-refractivity contribution in [3.63, 3.8) is 0 Å². The maximum absolute atomic E-state index is 11.8. The Hall–Kier alpha value is -0.610. The van der Waals surface area contributed by atoms with Crippen LogP contribution in [0.3, 0.4) is 0 Å². The standard InChI is InChI=1S/C14H28N2O2/c1-3-4-5-12(15)13(17)16-10-14(18)8-6-11(2)7-9-14/h11-12,18H,3-10,15H2,1-2H3,(H,16,17)/t11?,12-,14?/m0/s1. The van der Waals surface area contributed by atoms with E-state index in [1.807, 2.05) is 0 Å². The number of amides is 1. The van der Waals surface area contributed by atoms with Gasteiger partial charge >= 0.3 is 0 Å². The molecule has 18 heavy (non-hydrogen) atoms. The van der Waals surface area contributed by atoms with Crippen LogP contribution in [0.5, 0.6) is 0 Å². The predicted octanol–water partition coefficient (Wildman–Crippen LogP) is 1.56. The van der Waals surface area contributed by atoms with Gasteiger partial charge < -0.3 is 16.2 Å². The van der Waals surface area contributed by atoms with E-state index in [0.29, 0.717) is 12.5 Å². The third-order valence-electron chi connectivity index (χ3n) is 4.00. The normalized spacial score (nSPS) is 29.9. The molecule has 0 aromatic heterocycles. The van der Waals surface area contributed by atoms with E-state index >= 15 is 0 Å². The topological polar surface area (TPSA) is 75.4 Å². The van der Waals surface area contributed by atoms with E-state index in [1.54, 1.807) is 0 Å². The van der Waals surface area contributed by atoms with Gasteiger partial charge in [-0.2, -0.15) is 0 Å². The Labute approximate surface area is 110 Å². The second-order valence-electron chi connectivity index (χ2n) is 5.87. The molecule has 0 aromatic carbocycles. The lowest BCUT2D eigenvalue weighted by Crippen LogP contribution is -2.49. The summed E-state index contributed by atoms with van der Waals surface area (Å²) < 4.78 is 0. The fourth-order valence-corrected chi connectivity index (χ4v) is 2.41. The van der Waals surface area contributed by atoms with Gasteiger partial charge in [-0.15, -0.1) is 0 Å². The summed E-state index contributed by atoms with van der Waals surface area (Å²) in [4.78, 5) is 11.8. The highest BCUT2D eigenvalue weighted by molar-refractivity contribution is 5.81. The van der Waals surface area contributed by atoms with Crippen LogP contribution >= 0.6 is 0 Å². The second kappa shape index (κ2) is 7.10. The van der Waals surface area contributed by atoms with Crippen LogP contribution in [0.25, 0.3) is 0 Å². The highest BCUT2D eigenvalue weighted by Crippen LogP contribution is 2.31. The Morgan fingerprint density at radius 2 is 2.11 bits per heavy atom. The molecule has 4 nitrogen and oxygen atoms in total. The summed E-state index contributed by atoms with van der Waals surface area (Å²) in [5, 5.41) is 13.1. The number of carbonyl (C=O) groups excluding carboxylic acids is 1. The summed E-state index contributed by atoms with van der Waals surface area (Å²) in [6.45, 7) is 4.63. The summed E-state index contributed by atoms with van der Waals surface area (Å²) >= 11 is 0. The molecule has 1 atom stereocenters. The van der Waals surface area contributed by atoms with Gasteiger partial charge in [0, 0.05) is 6.54 Å². The molecule has 0 heterocycles. The van der Waals surface area contributed by atoms with Crippen LogP contribution < -0.4 is 11.1 Å². The van der Waals surface area contributed by atoms with Crippen LogP contribution in [0.1, 0.15) is 58.8 Å². The average Bonchev–Trinajstić information content (AvgIpc) is 2.37. The van der Waals surface area contributed by atoms with E-state index in [9.17, 15) is 9.90 Å². The Morgan fingerprint density at radius 1 is 1.50 bits per heavy atom. The molecule has 0 unspecified atom stereocenters. The largest absolute Gasteiger partial charge is 0.388 e. The Bertz CT molecular complexity index is 261. The van der Waals surface area contributed by atoms with E-state index in [1.165, 1.54) is 0 Å². The third-order valence-corrected chi connectivity index (χ3v) is 4.00.